The summed E-state index contributed by atoms with van der Waals surface area (Å²) >= 11 is 0. The molecule has 0 spiro atoms. The van der Waals surface area contributed by atoms with Crippen LogP contribution >= 0.6 is 0 Å². The third-order valence-corrected chi connectivity index (χ3v) is 7.23. The second kappa shape index (κ2) is 9.64. The molecular weight excluding hydrogens is 498 g/mol. The summed E-state index contributed by atoms with van der Waals surface area (Å²) in [5.74, 6) is -0.213. The Morgan fingerprint density at radius 3 is 2.59 bits per heavy atom. The molecule has 0 aliphatic carbocycles. The van der Waals surface area contributed by atoms with Crippen molar-refractivity contribution < 1.29 is 22.7 Å². The molecular formula is C25H29N5O6S. The number of fused-ring (bicyclic) bond motifs is 1. The number of carbonyl (C=O) groups excluding carboxylic acids is 1. The number of hydrogen-bond donors (Lipinski definition) is 2. The van der Waals surface area contributed by atoms with Crippen molar-refractivity contribution in [3.8, 4) is 6.07 Å². The zero-order valence-electron chi connectivity index (χ0n) is 21.1. The fourth-order valence-electron chi connectivity index (χ4n) is 4.34. The standard InChI is InChI=1S/C25H29N5O6S/c1-24(2,3)36-23(32)19-9-11-25(12-13-26,15-35-19)30-18-10-14-27-22(31)20(18)21(29-30)28-16-5-7-17(8-6-16)37(4,33)34/h5-8,10,14,19H,9,11-12,15H2,1-4H3,(H,27,31)(H,28,29)/t19-,25-/m0/s1. The molecule has 37 heavy (non-hydrogen) atoms. The predicted octanol–water partition coefficient (Wildman–Crippen LogP) is 3.00. The Labute approximate surface area is 214 Å². The molecule has 3 heterocycles. The Balaban J connectivity index is 1.70. The van der Waals surface area contributed by atoms with Crippen LogP contribution < -0.4 is 10.9 Å². The van der Waals surface area contributed by atoms with E-state index < -0.39 is 33.1 Å². The SMILES string of the molecule is CC(C)(C)OC(=O)[C@@H]1CC[C@@](CC#N)(n2nc(Nc3ccc(S(C)(=O)=O)cc3)c3c(=O)[nH]ccc32)CO1. The molecule has 1 aliphatic rings. The van der Waals surface area contributed by atoms with Crippen molar-refractivity contribution >= 4 is 38.2 Å². The Bertz CT molecular complexity index is 1520. The van der Waals surface area contributed by atoms with Crippen LogP contribution in [-0.4, -0.2) is 53.7 Å². The van der Waals surface area contributed by atoms with Gasteiger partial charge in [-0.25, -0.2) is 13.2 Å². The number of nitriles is 1. The van der Waals surface area contributed by atoms with Crippen molar-refractivity contribution in [2.75, 3.05) is 18.2 Å². The first-order chi connectivity index (χ1) is 17.3. The smallest absolute Gasteiger partial charge is 0.335 e. The zero-order valence-corrected chi connectivity index (χ0v) is 21.9. The van der Waals surface area contributed by atoms with Crippen molar-refractivity contribution in [2.24, 2.45) is 0 Å². The third-order valence-electron chi connectivity index (χ3n) is 6.10. The van der Waals surface area contributed by atoms with E-state index in [4.69, 9.17) is 9.47 Å². The third kappa shape index (κ3) is 5.52. The molecule has 0 amide bonds. The number of ether oxygens (including phenoxy) is 2. The summed E-state index contributed by atoms with van der Waals surface area (Å²) in [5.41, 5.74) is -0.926. The van der Waals surface area contributed by atoms with E-state index in [-0.39, 0.29) is 34.7 Å². The molecule has 1 aliphatic heterocycles. The highest BCUT2D eigenvalue weighted by Gasteiger charge is 2.43. The summed E-state index contributed by atoms with van der Waals surface area (Å²) in [4.78, 5) is 28.2. The van der Waals surface area contributed by atoms with Crippen LogP contribution in [0.3, 0.4) is 0 Å². The second-order valence-electron chi connectivity index (χ2n) is 10.2. The lowest BCUT2D eigenvalue weighted by molar-refractivity contribution is -0.176. The highest BCUT2D eigenvalue weighted by molar-refractivity contribution is 7.90. The number of pyridine rings is 1. The topological polar surface area (TPSA) is 156 Å². The van der Waals surface area contributed by atoms with Gasteiger partial charge in [0.1, 0.15) is 11.0 Å². The van der Waals surface area contributed by atoms with Crippen LogP contribution in [0.4, 0.5) is 11.5 Å². The van der Waals surface area contributed by atoms with E-state index in [1.54, 1.807) is 43.7 Å². The Morgan fingerprint density at radius 2 is 2.03 bits per heavy atom. The minimum absolute atomic E-state index is 0.0244. The Hall–Kier alpha value is -3.69. The van der Waals surface area contributed by atoms with Gasteiger partial charge in [-0.1, -0.05) is 0 Å². The number of benzene rings is 1. The molecule has 3 aromatic rings. The molecule has 11 nitrogen and oxygen atoms in total. The first-order valence-electron chi connectivity index (χ1n) is 11.7. The van der Waals surface area contributed by atoms with E-state index in [9.17, 15) is 23.3 Å². The summed E-state index contributed by atoms with van der Waals surface area (Å²) in [5, 5.41) is 17.7. The van der Waals surface area contributed by atoms with Crippen molar-refractivity contribution in [3.05, 3.63) is 46.9 Å². The molecule has 1 aromatic carbocycles. The average Bonchev–Trinajstić information content (AvgIpc) is 3.18. The van der Waals surface area contributed by atoms with Crippen LogP contribution in [-0.2, 0) is 29.6 Å². The largest absolute Gasteiger partial charge is 0.458 e. The van der Waals surface area contributed by atoms with Crippen molar-refractivity contribution in [2.45, 2.75) is 62.2 Å². The lowest BCUT2D eigenvalue weighted by atomic mass is 9.87. The molecule has 4 rings (SSSR count). The van der Waals surface area contributed by atoms with Gasteiger partial charge in [-0.2, -0.15) is 10.4 Å². The fourth-order valence-corrected chi connectivity index (χ4v) is 4.97. The minimum Gasteiger partial charge on any atom is -0.458 e. The molecule has 2 atom stereocenters. The van der Waals surface area contributed by atoms with E-state index in [2.05, 4.69) is 21.5 Å². The number of sulfone groups is 1. The molecule has 2 N–H and O–H groups in total. The summed E-state index contributed by atoms with van der Waals surface area (Å²) in [7, 11) is -3.36. The zero-order chi connectivity index (χ0) is 27.0. The molecule has 12 heteroatoms. The van der Waals surface area contributed by atoms with Crippen LogP contribution in [0.15, 0.2) is 46.2 Å². The van der Waals surface area contributed by atoms with E-state index in [0.717, 1.165) is 6.26 Å². The number of aromatic nitrogens is 3. The number of anilines is 2. The maximum absolute atomic E-state index is 12.8. The molecule has 1 saturated heterocycles. The Kier molecular flexibility index (Phi) is 6.87. The Morgan fingerprint density at radius 1 is 1.32 bits per heavy atom. The van der Waals surface area contributed by atoms with Gasteiger partial charge >= 0.3 is 5.97 Å². The molecule has 2 aromatic heterocycles. The van der Waals surface area contributed by atoms with Gasteiger partial charge in [-0.15, -0.1) is 0 Å². The number of hydrogen-bond acceptors (Lipinski definition) is 9. The van der Waals surface area contributed by atoms with Gasteiger partial charge in [-0.3, -0.25) is 9.48 Å². The van der Waals surface area contributed by atoms with Gasteiger partial charge in [0.15, 0.2) is 21.8 Å². The lowest BCUT2D eigenvalue weighted by Gasteiger charge is -2.39. The summed E-state index contributed by atoms with van der Waals surface area (Å²) < 4.78 is 36.6. The van der Waals surface area contributed by atoms with E-state index in [1.807, 2.05) is 0 Å². The highest BCUT2D eigenvalue weighted by Crippen LogP contribution is 2.37. The molecule has 196 valence electrons. The van der Waals surface area contributed by atoms with Crippen molar-refractivity contribution in [1.29, 1.82) is 5.26 Å². The first kappa shape index (κ1) is 26.4. The van der Waals surface area contributed by atoms with E-state index >= 15 is 0 Å². The number of nitrogens with zero attached hydrogens (tertiary/aromatic N) is 3. The first-order valence-corrected chi connectivity index (χ1v) is 13.6. The van der Waals surface area contributed by atoms with Crippen LogP contribution in [0.2, 0.25) is 0 Å². The molecule has 0 saturated carbocycles. The van der Waals surface area contributed by atoms with Gasteiger partial charge < -0.3 is 19.8 Å². The van der Waals surface area contributed by atoms with Gasteiger partial charge in [0.25, 0.3) is 5.56 Å². The average molecular weight is 528 g/mol. The number of H-pyrrole nitrogens is 1. The van der Waals surface area contributed by atoms with Crippen LogP contribution in [0.25, 0.3) is 10.9 Å². The maximum Gasteiger partial charge on any atom is 0.335 e. The van der Waals surface area contributed by atoms with Crippen LogP contribution in [0.1, 0.15) is 40.0 Å². The maximum atomic E-state index is 12.8. The quantitative estimate of drug-likeness (QED) is 0.460. The molecule has 1 fully saturated rings. The summed E-state index contributed by atoms with van der Waals surface area (Å²) in [6, 6.07) is 9.98. The van der Waals surface area contributed by atoms with Crippen molar-refractivity contribution in [1.82, 2.24) is 14.8 Å². The molecule has 0 unspecified atom stereocenters. The predicted molar refractivity (Wildman–Crippen MR) is 136 cm³/mol. The number of esters is 1. The monoisotopic (exact) mass is 527 g/mol. The van der Waals surface area contributed by atoms with Crippen LogP contribution in [0, 0.1) is 11.3 Å². The molecule has 0 bridgehead atoms. The molecule has 0 radical (unpaired) electrons. The van der Waals surface area contributed by atoms with E-state index in [1.165, 1.54) is 18.3 Å². The summed E-state index contributed by atoms with van der Waals surface area (Å²) in [6.07, 6.45) is 2.62. The number of nitrogens with one attached hydrogen (secondary N) is 2. The van der Waals surface area contributed by atoms with Crippen molar-refractivity contribution in [3.63, 3.8) is 0 Å². The van der Waals surface area contributed by atoms with Gasteiger partial charge in [-0.05, 0) is 63.9 Å². The van der Waals surface area contributed by atoms with Gasteiger partial charge in [0.05, 0.1) is 35.0 Å². The summed E-state index contributed by atoms with van der Waals surface area (Å²) in [6.45, 7) is 5.37. The van der Waals surface area contributed by atoms with Gasteiger partial charge in [0, 0.05) is 18.1 Å². The lowest BCUT2D eigenvalue weighted by Crippen LogP contribution is -2.47. The number of aromatic amines is 1. The van der Waals surface area contributed by atoms with E-state index in [0.29, 0.717) is 24.0 Å². The number of rotatable bonds is 6. The number of carbonyl (C=O) groups is 1. The minimum atomic E-state index is -3.36. The normalized spacial score (nSPS) is 20.4. The second-order valence-corrected chi connectivity index (χ2v) is 12.2. The fraction of sp³-hybridized carbons (Fsp3) is 0.440. The van der Waals surface area contributed by atoms with Crippen LogP contribution in [0.5, 0.6) is 0 Å². The van der Waals surface area contributed by atoms with Gasteiger partial charge in [0.2, 0.25) is 0 Å². The highest BCUT2D eigenvalue weighted by atomic mass is 32.2.